The van der Waals surface area contributed by atoms with Gasteiger partial charge in [0.25, 0.3) is 0 Å². The molecule has 0 radical (unpaired) electrons. The topological polar surface area (TPSA) is 41.1 Å². The van der Waals surface area contributed by atoms with Gasteiger partial charge in [-0.15, -0.1) is 0 Å². The van der Waals surface area contributed by atoms with E-state index in [4.69, 9.17) is 0 Å². The fourth-order valence-corrected chi connectivity index (χ4v) is 2.17. The number of amides is 1. The second-order valence-electron chi connectivity index (χ2n) is 4.94. The standard InChI is InChI=1S/C12H24N2O/c1-5-9(4)14-12(15)10-6-7-13-11(10)8(2)3/h8-11,13H,5-7H2,1-4H3,(H,14,15). The molecule has 1 aliphatic rings. The highest BCUT2D eigenvalue weighted by molar-refractivity contribution is 5.80. The minimum atomic E-state index is 0.166. The smallest absolute Gasteiger partial charge is 0.224 e. The summed E-state index contributed by atoms with van der Waals surface area (Å²) >= 11 is 0. The van der Waals surface area contributed by atoms with Gasteiger partial charge in [0.1, 0.15) is 0 Å². The van der Waals surface area contributed by atoms with Gasteiger partial charge in [0, 0.05) is 12.1 Å². The summed E-state index contributed by atoms with van der Waals surface area (Å²) in [6.45, 7) is 9.48. The molecular formula is C12H24N2O. The number of carbonyl (C=O) groups excluding carboxylic acids is 1. The van der Waals surface area contributed by atoms with Crippen LogP contribution < -0.4 is 10.6 Å². The Morgan fingerprint density at radius 2 is 2.13 bits per heavy atom. The zero-order valence-corrected chi connectivity index (χ0v) is 10.3. The molecule has 3 unspecified atom stereocenters. The highest BCUT2D eigenvalue weighted by Gasteiger charge is 2.34. The van der Waals surface area contributed by atoms with E-state index in [0.29, 0.717) is 18.0 Å². The van der Waals surface area contributed by atoms with E-state index in [-0.39, 0.29) is 11.8 Å². The summed E-state index contributed by atoms with van der Waals surface area (Å²) in [5.74, 6) is 0.923. The minimum Gasteiger partial charge on any atom is -0.353 e. The summed E-state index contributed by atoms with van der Waals surface area (Å²) in [7, 11) is 0. The lowest BCUT2D eigenvalue weighted by molar-refractivity contribution is -0.126. The molecule has 1 saturated heterocycles. The first-order valence-corrected chi connectivity index (χ1v) is 6.10. The number of nitrogens with one attached hydrogen (secondary N) is 2. The van der Waals surface area contributed by atoms with Crippen molar-refractivity contribution in [1.29, 1.82) is 0 Å². The molecule has 3 atom stereocenters. The summed E-state index contributed by atoms with van der Waals surface area (Å²) in [6.07, 6.45) is 1.98. The highest BCUT2D eigenvalue weighted by Crippen LogP contribution is 2.22. The van der Waals surface area contributed by atoms with Crippen molar-refractivity contribution in [2.45, 2.75) is 52.6 Å². The van der Waals surface area contributed by atoms with Crippen LogP contribution in [0.15, 0.2) is 0 Å². The van der Waals surface area contributed by atoms with Crippen LogP contribution in [0.25, 0.3) is 0 Å². The number of carbonyl (C=O) groups is 1. The van der Waals surface area contributed by atoms with Gasteiger partial charge in [0.2, 0.25) is 5.91 Å². The molecule has 1 aliphatic heterocycles. The maximum Gasteiger partial charge on any atom is 0.224 e. The normalized spacial score (nSPS) is 28.1. The monoisotopic (exact) mass is 212 g/mol. The molecule has 0 bridgehead atoms. The number of hydrogen-bond acceptors (Lipinski definition) is 2. The van der Waals surface area contributed by atoms with E-state index < -0.39 is 0 Å². The Bertz CT molecular complexity index is 216. The van der Waals surface area contributed by atoms with Crippen molar-refractivity contribution in [3.05, 3.63) is 0 Å². The molecule has 3 nitrogen and oxygen atoms in total. The molecule has 1 heterocycles. The van der Waals surface area contributed by atoms with E-state index in [1.807, 2.05) is 0 Å². The molecule has 1 amide bonds. The fraction of sp³-hybridized carbons (Fsp3) is 0.917. The van der Waals surface area contributed by atoms with Crippen molar-refractivity contribution in [2.75, 3.05) is 6.54 Å². The van der Waals surface area contributed by atoms with Crippen molar-refractivity contribution in [3.8, 4) is 0 Å². The Morgan fingerprint density at radius 1 is 1.47 bits per heavy atom. The third-order valence-electron chi connectivity index (χ3n) is 3.32. The summed E-state index contributed by atoms with van der Waals surface area (Å²) in [5.41, 5.74) is 0. The Kier molecular flexibility index (Phi) is 4.58. The Balaban J connectivity index is 2.51. The van der Waals surface area contributed by atoms with Crippen molar-refractivity contribution in [1.82, 2.24) is 10.6 Å². The van der Waals surface area contributed by atoms with Crippen molar-refractivity contribution < 1.29 is 4.79 Å². The van der Waals surface area contributed by atoms with Gasteiger partial charge in [0.15, 0.2) is 0 Å². The van der Waals surface area contributed by atoms with Crippen LogP contribution in [0, 0.1) is 11.8 Å². The van der Waals surface area contributed by atoms with Gasteiger partial charge in [-0.25, -0.2) is 0 Å². The predicted octanol–water partition coefficient (Wildman–Crippen LogP) is 1.54. The summed E-state index contributed by atoms with van der Waals surface area (Å²) in [5, 5.41) is 6.49. The molecular weight excluding hydrogens is 188 g/mol. The molecule has 0 aromatic heterocycles. The molecule has 3 heteroatoms. The van der Waals surface area contributed by atoms with E-state index >= 15 is 0 Å². The molecule has 88 valence electrons. The zero-order chi connectivity index (χ0) is 11.4. The van der Waals surface area contributed by atoms with Crippen molar-refractivity contribution in [3.63, 3.8) is 0 Å². The molecule has 2 N–H and O–H groups in total. The predicted molar refractivity (Wildman–Crippen MR) is 62.6 cm³/mol. The lowest BCUT2D eigenvalue weighted by atomic mass is 9.91. The third kappa shape index (κ3) is 3.20. The van der Waals surface area contributed by atoms with Crippen molar-refractivity contribution >= 4 is 5.91 Å². The van der Waals surface area contributed by atoms with Crippen LogP contribution in [0.3, 0.4) is 0 Å². The molecule has 0 aromatic carbocycles. The zero-order valence-electron chi connectivity index (χ0n) is 10.3. The maximum atomic E-state index is 12.0. The molecule has 1 fully saturated rings. The molecule has 0 aromatic rings. The van der Waals surface area contributed by atoms with Crippen LogP contribution in [0.1, 0.15) is 40.5 Å². The maximum absolute atomic E-state index is 12.0. The van der Waals surface area contributed by atoms with Gasteiger partial charge in [-0.3, -0.25) is 4.79 Å². The van der Waals surface area contributed by atoms with E-state index in [9.17, 15) is 4.79 Å². The van der Waals surface area contributed by atoms with E-state index in [0.717, 1.165) is 19.4 Å². The van der Waals surface area contributed by atoms with Gasteiger partial charge < -0.3 is 10.6 Å². The number of rotatable bonds is 4. The molecule has 0 saturated carbocycles. The van der Waals surface area contributed by atoms with E-state index in [1.165, 1.54) is 0 Å². The molecule has 0 spiro atoms. The van der Waals surface area contributed by atoms with Crippen LogP contribution in [-0.4, -0.2) is 24.5 Å². The van der Waals surface area contributed by atoms with Gasteiger partial charge in [-0.1, -0.05) is 20.8 Å². The Morgan fingerprint density at radius 3 is 2.67 bits per heavy atom. The molecule has 15 heavy (non-hydrogen) atoms. The van der Waals surface area contributed by atoms with Crippen LogP contribution in [0.5, 0.6) is 0 Å². The highest BCUT2D eigenvalue weighted by atomic mass is 16.2. The molecule has 1 rings (SSSR count). The minimum absolute atomic E-state index is 0.166. The van der Waals surface area contributed by atoms with E-state index in [1.54, 1.807) is 0 Å². The number of hydrogen-bond donors (Lipinski definition) is 2. The largest absolute Gasteiger partial charge is 0.353 e. The van der Waals surface area contributed by atoms with Gasteiger partial charge >= 0.3 is 0 Å². The van der Waals surface area contributed by atoms with E-state index in [2.05, 4.69) is 38.3 Å². The van der Waals surface area contributed by atoms with Crippen molar-refractivity contribution in [2.24, 2.45) is 11.8 Å². The first-order chi connectivity index (χ1) is 7.06. The first kappa shape index (κ1) is 12.5. The Hall–Kier alpha value is -0.570. The fourth-order valence-electron chi connectivity index (χ4n) is 2.17. The second kappa shape index (κ2) is 5.50. The molecule has 0 aliphatic carbocycles. The van der Waals surface area contributed by atoms with Crippen LogP contribution in [-0.2, 0) is 4.79 Å². The first-order valence-electron chi connectivity index (χ1n) is 6.10. The lowest BCUT2D eigenvalue weighted by Gasteiger charge is -2.23. The SMILES string of the molecule is CCC(C)NC(=O)C1CCNC1C(C)C. The lowest BCUT2D eigenvalue weighted by Crippen LogP contribution is -2.43. The summed E-state index contributed by atoms with van der Waals surface area (Å²) in [4.78, 5) is 12.0. The average molecular weight is 212 g/mol. The summed E-state index contributed by atoms with van der Waals surface area (Å²) in [6, 6.07) is 0.653. The van der Waals surface area contributed by atoms with Crippen LogP contribution in [0.4, 0.5) is 0 Å². The van der Waals surface area contributed by atoms with Crippen LogP contribution in [0.2, 0.25) is 0 Å². The van der Waals surface area contributed by atoms with Gasteiger partial charge in [0.05, 0.1) is 5.92 Å². The summed E-state index contributed by atoms with van der Waals surface area (Å²) < 4.78 is 0. The second-order valence-corrected chi connectivity index (χ2v) is 4.94. The third-order valence-corrected chi connectivity index (χ3v) is 3.32. The van der Waals surface area contributed by atoms with Gasteiger partial charge in [-0.05, 0) is 32.2 Å². The Labute approximate surface area is 93.0 Å². The van der Waals surface area contributed by atoms with Crippen LogP contribution >= 0.6 is 0 Å². The average Bonchev–Trinajstić information content (AvgIpc) is 2.65. The quantitative estimate of drug-likeness (QED) is 0.742. The van der Waals surface area contributed by atoms with Gasteiger partial charge in [-0.2, -0.15) is 0 Å².